The van der Waals surface area contributed by atoms with E-state index in [1.165, 1.54) is 4.52 Å². The summed E-state index contributed by atoms with van der Waals surface area (Å²) < 4.78 is 1.45. The maximum absolute atomic E-state index is 11.2. The number of carboxylic acid groups (broad SMARTS) is 1. The van der Waals surface area contributed by atoms with E-state index in [0.717, 1.165) is 36.9 Å². The van der Waals surface area contributed by atoms with E-state index in [9.17, 15) is 9.90 Å². The molecular formula is C12H12ClN3O2. The van der Waals surface area contributed by atoms with Gasteiger partial charge in [0.1, 0.15) is 10.7 Å². The van der Waals surface area contributed by atoms with E-state index >= 15 is 0 Å². The molecule has 1 N–H and O–H groups in total. The first kappa shape index (κ1) is 11.5. The van der Waals surface area contributed by atoms with Crippen LogP contribution in [0.1, 0.15) is 40.2 Å². The van der Waals surface area contributed by atoms with Crippen molar-refractivity contribution in [1.82, 2.24) is 14.6 Å². The van der Waals surface area contributed by atoms with Crippen LogP contribution in [0.25, 0.3) is 5.65 Å². The van der Waals surface area contributed by atoms with Crippen molar-refractivity contribution in [3.63, 3.8) is 0 Å². The van der Waals surface area contributed by atoms with E-state index in [-0.39, 0.29) is 5.56 Å². The first-order valence-corrected chi connectivity index (χ1v) is 6.27. The summed E-state index contributed by atoms with van der Waals surface area (Å²) in [7, 11) is 0. The molecular weight excluding hydrogens is 254 g/mol. The molecule has 2 aromatic heterocycles. The van der Waals surface area contributed by atoms with Gasteiger partial charge in [-0.05, 0) is 32.6 Å². The van der Waals surface area contributed by atoms with Gasteiger partial charge in [-0.25, -0.2) is 14.3 Å². The lowest BCUT2D eigenvalue weighted by atomic mass is 9.97. The van der Waals surface area contributed by atoms with Gasteiger partial charge < -0.3 is 5.11 Å². The molecule has 0 bridgehead atoms. The minimum atomic E-state index is -1.01. The number of carbonyl (C=O) groups is 1. The molecule has 0 fully saturated rings. The summed E-state index contributed by atoms with van der Waals surface area (Å²) >= 11 is 6.32. The van der Waals surface area contributed by atoms with Crippen LogP contribution in [0.2, 0.25) is 5.15 Å². The lowest BCUT2D eigenvalue weighted by Gasteiger charge is -2.16. The molecule has 0 radical (unpaired) electrons. The predicted octanol–water partition coefficient (Wildman–Crippen LogP) is 2.27. The summed E-state index contributed by atoms with van der Waals surface area (Å²) in [6.45, 7) is 1.66. The zero-order chi connectivity index (χ0) is 12.9. The highest BCUT2D eigenvalue weighted by molar-refractivity contribution is 6.30. The van der Waals surface area contributed by atoms with Gasteiger partial charge in [0.2, 0.25) is 0 Å². The minimum Gasteiger partial charge on any atom is -0.477 e. The van der Waals surface area contributed by atoms with Crippen LogP contribution in [0, 0.1) is 6.92 Å². The largest absolute Gasteiger partial charge is 0.477 e. The minimum absolute atomic E-state index is 0.144. The number of hydrogen-bond acceptors (Lipinski definition) is 3. The smallest absolute Gasteiger partial charge is 0.341 e. The van der Waals surface area contributed by atoms with Gasteiger partial charge in [-0.1, -0.05) is 11.6 Å². The van der Waals surface area contributed by atoms with Crippen molar-refractivity contribution in [2.24, 2.45) is 0 Å². The fourth-order valence-electron chi connectivity index (χ4n) is 2.50. The number of rotatable bonds is 1. The van der Waals surface area contributed by atoms with E-state index in [1.54, 1.807) is 6.92 Å². The molecule has 1 aliphatic carbocycles. The normalized spacial score (nSPS) is 14.8. The third-order valence-electron chi connectivity index (χ3n) is 3.36. The Bertz CT molecular complexity index is 663. The molecule has 0 amide bonds. The molecule has 0 aromatic carbocycles. The van der Waals surface area contributed by atoms with E-state index in [2.05, 4.69) is 10.1 Å². The van der Waals surface area contributed by atoms with Crippen molar-refractivity contribution in [1.29, 1.82) is 0 Å². The van der Waals surface area contributed by atoms with Gasteiger partial charge >= 0.3 is 5.97 Å². The zero-order valence-electron chi connectivity index (χ0n) is 9.90. The summed E-state index contributed by atoms with van der Waals surface area (Å²) in [5, 5.41) is 13.9. The van der Waals surface area contributed by atoms with E-state index in [4.69, 9.17) is 11.6 Å². The van der Waals surface area contributed by atoms with Gasteiger partial charge in [0.05, 0.1) is 5.69 Å². The fraction of sp³-hybridized carbons (Fsp3) is 0.417. The first-order valence-electron chi connectivity index (χ1n) is 5.89. The lowest BCUT2D eigenvalue weighted by Crippen LogP contribution is -2.11. The summed E-state index contributed by atoms with van der Waals surface area (Å²) in [6.07, 6.45) is 3.90. The van der Waals surface area contributed by atoms with Crippen molar-refractivity contribution in [2.75, 3.05) is 0 Å². The average Bonchev–Trinajstić information content (AvgIpc) is 2.66. The van der Waals surface area contributed by atoms with Gasteiger partial charge in [-0.3, -0.25) is 0 Å². The molecule has 0 spiro atoms. The second-order valence-electron chi connectivity index (χ2n) is 4.54. The molecule has 94 valence electrons. The summed E-state index contributed by atoms with van der Waals surface area (Å²) in [5.41, 5.74) is 2.87. The molecule has 0 saturated carbocycles. The quantitative estimate of drug-likeness (QED) is 0.803. The predicted molar refractivity (Wildman–Crippen MR) is 66.3 cm³/mol. The van der Waals surface area contributed by atoms with Crippen molar-refractivity contribution in [3.05, 3.63) is 27.7 Å². The third kappa shape index (κ3) is 1.50. The highest BCUT2D eigenvalue weighted by Crippen LogP contribution is 2.29. The zero-order valence-corrected chi connectivity index (χ0v) is 10.7. The van der Waals surface area contributed by atoms with Crippen LogP contribution in [0.5, 0.6) is 0 Å². The molecule has 6 heteroatoms. The monoisotopic (exact) mass is 265 g/mol. The molecule has 1 aliphatic rings. The molecule has 5 nitrogen and oxygen atoms in total. The van der Waals surface area contributed by atoms with E-state index in [0.29, 0.717) is 16.5 Å². The SMILES string of the molecule is Cc1nn2c(Cl)c3c(nc2c1C(=O)O)CCCC3. The number of fused-ring (bicyclic) bond motifs is 2. The Morgan fingerprint density at radius 1 is 1.39 bits per heavy atom. The highest BCUT2D eigenvalue weighted by atomic mass is 35.5. The number of hydrogen-bond donors (Lipinski definition) is 1. The number of aryl methyl sites for hydroxylation is 2. The van der Waals surface area contributed by atoms with Crippen LogP contribution in [-0.2, 0) is 12.8 Å². The van der Waals surface area contributed by atoms with Gasteiger partial charge in [-0.15, -0.1) is 0 Å². The Morgan fingerprint density at radius 2 is 2.11 bits per heavy atom. The molecule has 2 aromatic rings. The topological polar surface area (TPSA) is 67.5 Å². The number of nitrogens with zero attached hydrogens (tertiary/aromatic N) is 3. The molecule has 0 unspecified atom stereocenters. The first-order chi connectivity index (χ1) is 8.59. The maximum atomic E-state index is 11.2. The second kappa shape index (κ2) is 3.95. The third-order valence-corrected chi connectivity index (χ3v) is 3.75. The molecule has 18 heavy (non-hydrogen) atoms. The Labute approximate surface area is 108 Å². The van der Waals surface area contributed by atoms with Crippen molar-refractivity contribution < 1.29 is 9.90 Å². The van der Waals surface area contributed by atoms with Gasteiger partial charge in [0.15, 0.2) is 5.65 Å². The lowest BCUT2D eigenvalue weighted by molar-refractivity contribution is 0.0698. The fourth-order valence-corrected chi connectivity index (χ4v) is 2.82. The van der Waals surface area contributed by atoms with Crippen LogP contribution in [0.4, 0.5) is 0 Å². The number of aromatic nitrogens is 3. The summed E-state index contributed by atoms with van der Waals surface area (Å²) in [4.78, 5) is 15.7. The van der Waals surface area contributed by atoms with Crippen molar-refractivity contribution in [2.45, 2.75) is 32.6 Å². The summed E-state index contributed by atoms with van der Waals surface area (Å²) in [5.74, 6) is -1.01. The van der Waals surface area contributed by atoms with Gasteiger partial charge in [-0.2, -0.15) is 5.10 Å². The highest BCUT2D eigenvalue weighted by Gasteiger charge is 2.23. The van der Waals surface area contributed by atoms with Crippen LogP contribution in [0.15, 0.2) is 0 Å². The molecule has 3 rings (SSSR count). The number of halogens is 1. The van der Waals surface area contributed by atoms with Crippen LogP contribution in [-0.4, -0.2) is 25.7 Å². The Hall–Kier alpha value is -1.62. The molecule has 2 heterocycles. The Morgan fingerprint density at radius 3 is 2.83 bits per heavy atom. The summed E-state index contributed by atoms with van der Waals surface area (Å²) in [6, 6.07) is 0. The Balaban J connectivity index is 2.38. The molecule has 0 atom stereocenters. The van der Waals surface area contributed by atoms with Crippen LogP contribution >= 0.6 is 11.6 Å². The standard InChI is InChI=1S/C12H12ClN3O2/c1-6-9(12(17)18)11-14-8-5-3-2-4-7(8)10(13)16(11)15-6/h2-5H2,1H3,(H,17,18). The van der Waals surface area contributed by atoms with Crippen LogP contribution in [0.3, 0.4) is 0 Å². The van der Waals surface area contributed by atoms with Crippen LogP contribution < -0.4 is 0 Å². The van der Waals surface area contributed by atoms with Gasteiger partial charge in [0.25, 0.3) is 0 Å². The van der Waals surface area contributed by atoms with E-state index in [1.807, 2.05) is 0 Å². The maximum Gasteiger partial charge on any atom is 0.341 e. The number of carboxylic acids is 1. The van der Waals surface area contributed by atoms with Crippen molar-refractivity contribution in [3.8, 4) is 0 Å². The molecule has 0 saturated heterocycles. The van der Waals surface area contributed by atoms with Gasteiger partial charge in [0, 0.05) is 11.3 Å². The Kier molecular flexibility index (Phi) is 2.52. The average molecular weight is 266 g/mol. The number of aromatic carboxylic acids is 1. The van der Waals surface area contributed by atoms with E-state index < -0.39 is 5.97 Å². The molecule has 0 aliphatic heterocycles. The van der Waals surface area contributed by atoms with Crippen molar-refractivity contribution >= 4 is 23.2 Å². The second-order valence-corrected chi connectivity index (χ2v) is 4.89.